The number of hydrogen-bond donors (Lipinski definition) is 3. The zero-order valence-electron chi connectivity index (χ0n) is 30.5. The van der Waals surface area contributed by atoms with Crippen molar-refractivity contribution in [2.24, 2.45) is 0 Å². The Kier molecular flexibility index (Phi) is 8.55. The van der Waals surface area contributed by atoms with Gasteiger partial charge in [-0.25, -0.2) is 4.79 Å². The van der Waals surface area contributed by atoms with Gasteiger partial charge in [-0.05, 0) is 95.8 Å². The third-order valence-corrected chi connectivity index (χ3v) is 15.1. The second-order valence-corrected chi connectivity index (χ2v) is 18.1. The van der Waals surface area contributed by atoms with Gasteiger partial charge in [-0.15, -0.1) is 34.0 Å². The van der Waals surface area contributed by atoms with Crippen LogP contribution in [-0.4, -0.2) is 50.8 Å². The van der Waals surface area contributed by atoms with Gasteiger partial charge in [0.15, 0.2) is 11.6 Å². The summed E-state index contributed by atoms with van der Waals surface area (Å²) in [6, 6.07) is 29.5. The highest BCUT2D eigenvalue weighted by Gasteiger charge is 2.42. The SMILES string of the molecule is O=C(O)Cc1cc(/C=C2/C(=O)c3ccc(C(=O)O)cc3C2=O)sc1-c1sc(-c2ccc3c(c2)sc2cc(N4c5ccccc5C5CCCC54)ccc23)cc1CC(=O)O. The third kappa shape index (κ3) is 5.90. The Bertz CT molecular complexity index is 3000. The number of benzene rings is 4. The van der Waals surface area contributed by atoms with Gasteiger partial charge in [0.1, 0.15) is 0 Å². The largest absolute Gasteiger partial charge is 0.481 e. The normalized spacial score (nSPS) is 17.7. The Morgan fingerprint density at radius 3 is 2.19 bits per heavy atom. The summed E-state index contributed by atoms with van der Waals surface area (Å²) in [7, 11) is 0. The van der Waals surface area contributed by atoms with E-state index in [4.69, 9.17) is 0 Å². The van der Waals surface area contributed by atoms with Gasteiger partial charge in [-0.2, -0.15) is 0 Å². The lowest BCUT2D eigenvalue weighted by Crippen LogP contribution is -2.26. The van der Waals surface area contributed by atoms with Gasteiger partial charge in [-0.1, -0.05) is 42.8 Å². The van der Waals surface area contributed by atoms with Gasteiger partial charge in [-0.3, -0.25) is 19.2 Å². The minimum atomic E-state index is -1.22. The van der Waals surface area contributed by atoms with Crippen molar-refractivity contribution in [2.45, 2.75) is 44.1 Å². The van der Waals surface area contributed by atoms with Crippen molar-refractivity contribution in [3.63, 3.8) is 0 Å². The van der Waals surface area contributed by atoms with Crippen molar-refractivity contribution < 1.29 is 39.3 Å². The fourth-order valence-electron chi connectivity index (χ4n) is 9.01. The number of aromatic carboxylic acids is 1. The molecule has 4 aromatic carbocycles. The molecular weight excluding hydrogens is 791 g/mol. The number of hydrogen-bond acceptors (Lipinski definition) is 9. The van der Waals surface area contributed by atoms with E-state index in [-0.39, 0.29) is 35.1 Å². The molecule has 58 heavy (non-hydrogen) atoms. The summed E-state index contributed by atoms with van der Waals surface area (Å²) in [5.41, 5.74) is 5.63. The monoisotopic (exact) mass is 821 g/mol. The molecule has 2 aliphatic carbocycles. The zero-order valence-corrected chi connectivity index (χ0v) is 32.9. The summed E-state index contributed by atoms with van der Waals surface area (Å²) in [5.74, 6) is -3.95. The summed E-state index contributed by atoms with van der Waals surface area (Å²) < 4.78 is 2.28. The van der Waals surface area contributed by atoms with Crippen molar-refractivity contribution in [1.82, 2.24) is 0 Å². The average molecular weight is 822 g/mol. The first-order valence-corrected chi connectivity index (χ1v) is 21.2. The molecule has 286 valence electrons. The summed E-state index contributed by atoms with van der Waals surface area (Å²) in [6.07, 6.45) is 4.37. The summed E-state index contributed by atoms with van der Waals surface area (Å²) >= 11 is 4.28. The van der Waals surface area contributed by atoms with Crippen LogP contribution in [0.1, 0.15) is 77.8 Å². The van der Waals surface area contributed by atoms with Crippen LogP contribution >= 0.6 is 34.0 Å². The molecule has 2 atom stereocenters. The number of ketones is 2. The first-order valence-electron chi connectivity index (χ1n) is 18.7. The number of carboxylic acids is 3. The molecule has 0 amide bonds. The van der Waals surface area contributed by atoms with Crippen molar-refractivity contribution in [1.29, 1.82) is 0 Å². The van der Waals surface area contributed by atoms with Crippen molar-refractivity contribution >= 4 is 101 Å². The van der Waals surface area contributed by atoms with Crippen LogP contribution in [0.5, 0.6) is 0 Å². The Balaban J connectivity index is 1.02. The van der Waals surface area contributed by atoms with Crippen LogP contribution in [0, 0.1) is 0 Å². The topological polar surface area (TPSA) is 149 Å². The van der Waals surface area contributed by atoms with E-state index in [1.807, 2.05) is 12.1 Å². The van der Waals surface area contributed by atoms with Crippen molar-refractivity contribution in [2.75, 3.05) is 4.90 Å². The maximum Gasteiger partial charge on any atom is 0.335 e. The number of thiophene rings is 3. The van der Waals surface area contributed by atoms with Gasteiger partial charge in [0.05, 0.1) is 24.0 Å². The number of carboxylic acid groups (broad SMARTS) is 3. The summed E-state index contributed by atoms with van der Waals surface area (Å²) in [6.45, 7) is 0. The molecule has 1 fully saturated rings. The number of Topliss-reactive ketones (excluding diaryl/α,β-unsaturated/α-hetero) is 2. The molecule has 0 radical (unpaired) electrons. The van der Waals surface area contributed by atoms with E-state index in [1.54, 1.807) is 17.4 Å². The van der Waals surface area contributed by atoms with E-state index in [9.17, 15) is 39.3 Å². The first kappa shape index (κ1) is 36.2. The van der Waals surface area contributed by atoms with Crippen molar-refractivity contribution in [3.8, 4) is 20.2 Å². The lowest BCUT2D eigenvalue weighted by atomic mass is 9.98. The van der Waals surface area contributed by atoms with E-state index in [0.717, 1.165) is 20.5 Å². The minimum Gasteiger partial charge on any atom is -0.481 e. The molecule has 3 aliphatic rings. The summed E-state index contributed by atoms with van der Waals surface area (Å²) in [5, 5.41) is 31.5. The van der Waals surface area contributed by atoms with Crippen LogP contribution in [0.2, 0.25) is 0 Å². The minimum absolute atomic E-state index is 0.000888. The van der Waals surface area contributed by atoms with Gasteiger partial charge < -0.3 is 20.2 Å². The lowest BCUT2D eigenvalue weighted by molar-refractivity contribution is -0.137. The number of rotatable bonds is 9. The zero-order chi connectivity index (χ0) is 40.0. The highest BCUT2D eigenvalue weighted by Crippen LogP contribution is 2.53. The molecule has 1 saturated carbocycles. The van der Waals surface area contributed by atoms with E-state index in [2.05, 4.69) is 59.5 Å². The van der Waals surface area contributed by atoms with Crippen LogP contribution in [0.3, 0.4) is 0 Å². The van der Waals surface area contributed by atoms with E-state index >= 15 is 0 Å². The van der Waals surface area contributed by atoms with Crippen LogP contribution in [-0.2, 0) is 22.4 Å². The number of carbonyl (C=O) groups excluding carboxylic acids is 2. The van der Waals surface area contributed by atoms with Crippen LogP contribution < -0.4 is 4.90 Å². The highest BCUT2D eigenvalue weighted by atomic mass is 32.1. The van der Waals surface area contributed by atoms with Gasteiger partial charge in [0.25, 0.3) is 0 Å². The maximum atomic E-state index is 13.3. The fourth-order valence-corrected chi connectivity index (χ4v) is 12.7. The number of para-hydroxylation sites is 1. The fraction of sp³-hybridized carbons (Fsp3) is 0.152. The molecule has 12 heteroatoms. The molecule has 0 bridgehead atoms. The lowest BCUT2D eigenvalue weighted by Gasteiger charge is -2.27. The predicted octanol–water partition coefficient (Wildman–Crippen LogP) is 10.7. The van der Waals surface area contributed by atoms with Crippen LogP contribution in [0.25, 0.3) is 46.4 Å². The molecule has 3 N–H and O–H groups in total. The number of aliphatic carboxylic acids is 2. The molecule has 2 unspecified atom stereocenters. The number of anilines is 2. The molecule has 1 aliphatic heterocycles. The molecule has 0 saturated heterocycles. The molecule has 7 aromatic rings. The Labute approximate surface area is 342 Å². The van der Waals surface area contributed by atoms with Gasteiger partial charge in [0, 0.05) is 74.1 Å². The predicted molar refractivity (Wildman–Crippen MR) is 228 cm³/mol. The van der Waals surface area contributed by atoms with E-state index in [1.165, 1.54) is 93.2 Å². The highest BCUT2D eigenvalue weighted by molar-refractivity contribution is 7.26. The van der Waals surface area contributed by atoms with Crippen LogP contribution in [0.4, 0.5) is 11.4 Å². The number of fused-ring (bicyclic) bond motifs is 7. The van der Waals surface area contributed by atoms with Crippen molar-refractivity contribution in [3.05, 3.63) is 135 Å². The second kappa shape index (κ2) is 13.7. The quantitative estimate of drug-likeness (QED) is 0.0955. The number of allylic oxidation sites excluding steroid dienone is 1. The second-order valence-electron chi connectivity index (χ2n) is 14.9. The summed E-state index contributed by atoms with van der Waals surface area (Å²) in [4.78, 5) is 67.3. The molecule has 0 spiro atoms. The number of carbonyl (C=O) groups is 5. The molecule has 9 nitrogen and oxygen atoms in total. The standard InChI is InChI=1S/C46H31NO8S3/c48-40(49)18-24-14-27(21-34-42(52)32-12-9-23(46(54)55)15-33(32)43(34)53)56-44(24)45-25(19-41(50)51)17-37(58-45)22-8-11-30-31-13-10-26(20-39(31)57-38(30)16-22)47-35-6-2-1-4-28(35)29-5-3-7-36(29)47/h1-2,4,6,8-17,20-21,29,36H,3,5,7,18-19H2,(H,48,49)(H,50,51)(H,54,55)/b34-21-. The number of nitrogens with zero attached hydrogens (tertiary/aromatic N) is 1. The average Bonchev–Trinajstić information content (AvgIpc) is 4.05. The maximum absolute atomic E-state index is 13.3. The van der Waals surface area contributed by atoms with E-state index in [0.29, 0.717) is 37.7 Å². The van der Waals surface area contributed by atoms with Gasteiger partial charge in [0.2, 0.25) is 0 Å². The smallest absolute Gasteiger partial charge is 0.335 e. The van der Waals surface area contributed by atoms with Gasteiger partial charge >= 0.3 is 17.9 Å². The molecular formula is C46H31NO8S3. The molecule has 10 rings (SSSR count). The Hall–Kier alpha value is -6.21. The van der Waals surface area contributed by atoms with Crippen LogP contribution in [0.15, 0.2) is 96.6 Å². The Morgan fingerprint density at radius 2 is 1.41 bits per heavy atom. The van der Waals surface area contributed by atoms with E-state index < -0.39 is 29.5 Å². The first-order chi connectivity index (χ1) is 28.0. The molecule has 4 heterocycles. The Morgan fingerprint density at radius 1 is 0.707 bits per heavy atom. The molecule has 3 aromatic heterocycles. The third-order valence-electron chi connectivity index (χ3n) is 11.5.